The second-order valence-corrected chi connectivity index (χ2v) is 19.5. The number of piperidine rings is 3. The summed E-state index contributed by atoms with van der Waals surface area (Å²) in [6.07, 6.45) is 6.12. The summed E-state index contributed by atoms with van der Waals surface area (Å²) < 4.78 is 6.39. The number of ether oxygens (including phenoxy) is 1. The number of carbonyl (C=O) groups is 5. The summed E-state index contributed by atoms with van der Waals surface area (Å²) in [5.41, 5.74) is 4.57. The van der Waals surface area contributed by atoms with Crippen molar-refractivity contribution < 1.29 is 28.7 Å². The molecule has 13 heteroatoms. The number of rotatable bonds is 7. The average molecular weight is 831 g/mol. The van der Waals surface area contributed by atoms with Gasteiger partial charge in [0.15, 0.2) is 0 Å². The SMILES string of the molecule is CC1(C)C(NC(=O)c2ccc(N3CCC(N4CCC5(CC4)Cc4cc6c(cc4C5)C(=O)N(C4CCC(=O)NC4=O)C6=O)CC3)cc2)C(C)(C)C1Oc1ccc(C#N)c(Cl)c1. The number of imide groups is 2. The lowest BCUT2D eigenvalue weighted by Gasteiger charge is -2.63. The van der Waals surface area contributed by atoms with Crippen LogP contribution in [0.4, 0.5) is 5.69 Å². The van der Waals surface area contributed by atoms with E-state index in [9.17, 15) is 29.2 Å². The molecule has 2 aliphatic carbocycles. The smallest absolute Gasteiger partial charge is 0.262 e. The molecule has 5 amide bonds. The van der Waals surface area contributed by atoms with Crippen LogP contribution in [0.15, 0.2) is 54.6 Å². The third-order valence-electron chi connectivity index (χ3n) is 14.7. The first-order chi connectivity index (χ1) is 28.6. The molecule has 2 N–H and O–H groups in total. The topological polar surface area (TPSA) is 152 Å². The number of nitrogens with zero attached hydrogens (tertiary/aromatic N) is 4. The molecule has 4 fully saturated rings. The Bertz CT molecular complexity index is 2290. The Morgan fingerprint density at radius 1 is 0.850 bits per heavy atom. The minimum atomic E-state index is -0.953. The van der Waals surface area contributed by atoms with Gasteiger partial charge in [-0.1, -0.05) is 39.3 Å². The van der Waals surface area contributed by atoms with Crippen LogP contribution in [0.5, 0.6) is 5.75 Å². The lowest BCUT2D eigenvalue weighted by molar-refractivity contribution is -0.164. The number of fused-ring (bicyclic) bond motifs is 2. The van der Waals surface area contributed by atoms with Crippen molar-refractivity contribution in [2.45, 2.75) is 103 Å². The fourth-order valence-electron chi connectivity index (χ4n) is 11.6. The van der Waals surface area contributed by atoms with Crippen LogP contribution < -0.4 is 20.3 Å². The van der Waals surface area contributed by atoms with Crippen LogP contribution in [-0.2, 0) is 22.4 Å². The summed E-state index contributed by atoms with van der Waals surface area (Å²) in [4.78, 5) is 70.7. The van der Waals surface area contributed by atoms with Gasteiger partial charge in [-0.2, -0.15) is 5.26 Å². The number of hydrogen-bond acceptors (Lipinski definition) is 9. The average Bonchev–Trinajstić information content (AvgIpc) is 3.69. The highest BCUT2D eigenvalue weighted by Gasteiger charge is 2.64. The molecule has 1 unspecified atom stereocenters. The van der Waals surface area contributed by atoms with Crippen molar-refractivity contribution in [3.8, 4) is 11.8 Å². The minimum Gasteiger partial charge on any atom is -0.489 e. The number of nitrogens with one attached hydrogen (secondary N) is 2. The molecule has 3 saturated heterocycles. The molecule has 312 valence electrons. The predicted molar refractivity (Wildman–Crippen MR) is 225 cm³/mol. The largest absolute Gasteiger partial charge is 0.489 e. The van der Waals surface area contributed by atoms with Gasteiger partial charge < -0.3 is 19.9 Å². The Kier molecular flexibility index (Phi) is 9.86. The van der Waals surface area contributed by atoms with Crippen molar-refractivity contribution in [1.29, 1.82) is 5.26 Å². The molecular formula is C47H51ClN6O6. The van der Waals surface area contributed by atoms with Crippen LogP contribution in [0, 0.1) is 27.6 Å². The van der Waals surface area contributed by atoms with Gasteiger partial charge in [-0.3, -0.25) is 34.2 Å². The van der Waals surface area contributed by atoms with Crippen molar-refractivity contribution in [3.05, 3.63) is 93.0 Å². The minimum absolute atomic E-state index is 0.105. The third kappa shape index (κ3) is 6.74. The fraction of sp³-hybridized carbons (Fsp3) is 0.489. The van der Waals surface area contributed by atoms with Crippen LogP contribution in [0.3, 0.4) is 0 Å². The van der Waals surface area contributed by atoms with E-state index in [2.05, 4.69) is 66.3 Å². The molecular weight excluding hydrogens is 780 g/mol. The molecule has 9 rings (SSSR count). The summed E-state index contributed by atoms with van der Waals surface area (Å²) in [7, 11) is 0. The van der Waals surface area contributed by atoms with E-state index >= 15 is 0 Å². The van der Waals surface area contributed by atoms with E-state index in [1.54, 1.807) is 18.2 Å². The first-order valence-corrected chi connectivity index (χ1v) is 21.6. The van der Waals surface area contributed by atoms with E-state index in [0.29, 0.717) is 39.1 Å². The molecule has 3 aromatic carbocycles. The number of anilines is 1. The van der Waals surface area contributed by atoms with Crippen LogP contribution in [0.1, 0.15) is 114 Å². The summed E-state index contributed by atoms with van der Waals surface area (Å²) in [5, 5.41) is 15.1. The molecule has 0 aromatic heterocycles. The van der Waals surface area contributed by atoms with Crippen molar-refractivity contribution in [2.24, 2.45) is 16.2 Å². The van der Waals surface area contributed by atoms with E-state index < -0.39 is 23.8 Å². The Hall–Kier alpha value is -5.25. The number of nitriles is 1. The molecule has 1 atom stereocenters. The maximum Gasteiger partial charge on any atom is 0.262 e. The normalized spacial score (nSPS) is 25.6. The number of benzene rings is 3. The van der Waals surface area contributed by atoms with Crippen molar-refractivity contribution >= 4 is 46.8 Å². The van der Waals surface area contributed by atoms with Crippen molar-refractivity contribution in [2.75, 3.05) is 31.1 Å². The molecule has 0 bridgehead atoms. The summed E-state index contributed by atoms with van der Waals surface area (Å²) in [6.45, 7) is 12.3. The van der Waals surface area contributed by atoms with Gasteiger partial charge in [-0.15, -0.1) is 0 Å². The Morgan fingerprint density at radius 3 is 2.03 bits per heavy atom. The molecule has 60 heavy (non-hydrogen) atoms. The lowest BCUT2D eigenvalue weighted by Crippen LogP contribution is -2.74. The van der Waals surface area contributed by atoms with Gasteiger partial charge >= 0.3 is 0 Å². The molecule has 6 aliphatic rings. The summed E-state index contributed by atoms with van der Waals surface area (Å²) in [5.74, 6) is -1.36. The van der Waals surface area contributed by atoms with Gasteiger partial charge in [0.2, 0.25) is 11.8 Å². The summed E-state index contributed by atoms with van der Waals surface area (Å²) in [6, 6.07) is 18.3. The quantitative estimate of drug-likeness (QED) is 0.270. The Balaban J connectivity index is 0.753. The highest BCUT2D eigenvalue weighted by atomic mass is 35.5. The number of likely N-dealkylation sites (tertiary alicyclic amines) is 1. The standard InChI is InChI=1S/C47H51ClN6O6/c1-45(2)43(46(3,4)44(45)60-33-10-7-28(26-49)36(48)23-33)51-39(56)27-5-8-31(9-6-27)52-17-13-32(14-18-52)53-19-15-47(16-20-53)24-29-21-34-35(22-30(29)25-47)42(59)54(41(34)58)37-11-12-38(55)50-40(37)57/h5-10,21-23,32,37,43-44H,11-20,24-25H2,1-4H3,(H,51,56)(H,50,55,57). The van der Waals surface area contributed by atoms with Crippen molar-refractivity contribution in [3.63, 3.8) is 0 Å². The first kappa shape index (κ1) is 40.2. The summed E-state index contributed by atoms with van der Waals surface area (Å²) >= 11 is 6.26. The van der Waals surface area contributed by atoms with E-state index in [4.69, 9.17) is 16.3 Å². The van der Waals surface area contributed by atoms with Gasteiger partial charge in [0.05, 0.1) is 21.7 Å². The van der Waals surface area contributed by atoms with E-state index in [1.807, 2.05) is 24.3 Å². The first-order valence-electron chi connectivity index (χ1n) is 21.2. The van der Waals surface area contributed by atoms with Crippen molar-refractivity contribution in [1.82, 2.24) is 20.4 Å². The maximum absolute atomic E-state index is 13.6. The Labute approximate surface area is 355 Å². The van der Waals surface area contributed by atoms with Gasteiger partial charge in [0.25, 0.3) is 17.7 Å². The van der Waals surface area contributed by atoms with E-state index in [-0.39, 0.29) is 53.0 Å². The van der Waals surface area contributed by atoms with Crippen LogP contribution in [-0.4, -0.2) is 89.7 Å². The maximum atomic E-state index is 13.6. The van der Waals surface area contributed by atoms with Crippen LogP contribution in [0.2, 0.25) is 5.02 Å². The van der Waals surface area contributed by atoms with Gasteiger partial charge in [-0.05, 0) is 123 Å². The predicted octanol–water partition coefficient (Wildman–Crippen LogP) is 6.07. The van der Waals surface area contributed by atoms with Gasteiger partial charge in [-0.25, -0.2) is 0 Å². The second-order valence-electron chi connectivity index (χ2n) is 19.1. The lowest BCUT2D eigenvalue weighted by atomic mass is 9.49. The van der Waals surface area contributed by atoms with Gasteiger partial charge in [0.1, 0.15) is 24.0 Å². The van der Waals surface area contributed by atoms with Crippen LogP contribution in [0.25, 0.3) is 0 Å². The number of hydrogen-bond donors (Lipinski definition) is 2. The molecule has 12 nitrogen and oxygen atoms in total. The van der Waals surface area contributed by atoms with Crippen LogP contribution >= 0.6 is 11.6 Å². The zero-order chi connectivity index (χ0) is 42.3. The third-order valence-corrected chi connectivity index (χ3v) is 15.0. The second kappa shape index (κ2) is 14.7. The highest BCUT2D eigenvalue weighted by molar-refractivity contribution is 6.31. The number of halogens is 1. The molecule has 0 radical (unpaired) electrons. The Morgan fingerprint density at radius 2 is 1.47 bits per heavy atom. The monoisotopic (exact) mass is 830 g/mol. The fourth-order valence-corrected chi connectivity index (χ4v) is 11.9. The molecule has 4 heterocycles. The number of carbonyl (C=O) groups excluding carboxylic acids is 5. The molecule has 1 spiro atoms. The number of amides is 5. The van der Waals surface area contributed by atoms with Gasteiger partial charge in [0, 0.05) is 59.7 Å². The molecule has 1 saturated carbocycles. The highest BCUT2D eigenvalue weighted by Crippen LogP contribution is 2.56. The zero-order valence-corrected chi connectivity index (χ0v) is 35.4. The zero-order valence-electron chi connectivity index (χ0n) is 34.6. The molecule has 4 aliphatic heterocycles. The molecule has 3 aromatic rings. The van der Waals surface area contributed by atoms with E-state index in [0.717, 1.165) is 86.4 Å². The van der Waals surface area contributed by atoms with E-state index in [1.165, 1.54) is 0 Å².